The Morgan fingerprint density at radius 3 is 1.46 bits per heavy atom. The van der Waals surface area contributed by atoms with Crippen LogP contribution >= 0.6 is 0 Å². The standard InChI is InChI=1S/C18H18O6/c1-21-15-9-5-3-7-13(15)17(19)23-11-12-24-18(20)14-8-4-6-10-16(14)22-2/h3-10H,11-12H2,1-2H3. The molecule has 0 amide bonds. The van der Waals surface area contributed by atoms with Gasteiger partial charge in [-0.2, -0.15) is 0 Å². The normalized spacial score (nSPS) is 9.92. The summed E-state index contributed by atoms with van der Waals surface area (Å²) in [5.41, 5.74) is 0.632. The average Bonchev–Trinajstić information content (AvgIpc) is 2.64. The van der Waals surface area contributed by atoms with Gasteiger partial charge in [0.05, 0.1) is 14.2 Å². The second-order valence-corrected chi connectivity index (χ2v) is 4.67. The van der Waals surface area contributed by atoms with Crippen molar-refractivity contribution < 1.29 is 28.5 Å². The Balaban J connectivity index is 1.84. The van der Waals surface area contributed by atoms with Crippen molar-refractivity contribution in [3.63, 3.8) is 0 Å². The lowest BCUT2D eigenvalue weighted by atomic mass is 10.2. The van der Waals surface area contributed by atoms with Gasteiger partial charge in [-0.15, -0.1) is 0 Å². The number of ether oxygens (including phenoxy) is 4. The summed E-state index contributed by atoms with van der Waals surface area (Å²) < 4.78 is 20.4. The fraction of sp³-hybridized carbons (Fsp3) is 0.222. The fourth-order valence-corrected chi connectivity index (χ4v) is 2.05. The lowest BCUT2D eigenvalue weighted by molar-refractivity contribution is 0.0262. The minimum Gasteiger partial charge on any atom is -0.496 e. The number of hydrogen-bond acceptors (Lipinski definition) is 6. The number of benzene rings is 2. The van der Waals surface area contributed by atoms with Crippen molar-refractivity contribution >= 4 is 11.9 Å². The van der Waals surface area contributed by atoms with Crippen LogP contribution in [0.1, 0.15) is 20.7 Å². The van der Waals surface area contributed by atoms with Gasteiger partial charge in [-0.1, -0.05) is 24.3 Å². The number of esters is 2. The molecule has 0 aliphatic rings. The maximum atomic E-state index is 12.0. The maximum Gasteiger partial charge on any atom is 0.342 e. The zero-order chi connectivity index (χ0) is 17.4. The predicted octanol–water partition coefficient (Wildman–Crippen LogP) is 2.72. The number of rotatable bonds is 7. The molecule has 0 atom stereocenters. The summed E-state index contributed by atoms with van der Waals surface area (Å²) in [4.78, 5) is 24.0. The molecule has 24 heavy (non-hydrogen) atoms. The quantitative estimate of drug-likeness (QED) is 0.574. The van der Waals surface area contributed by atoms with Crippen molar-refractivity contribution in [2.24, 2.45) is 0 Å². The Bertz CT molecular complexity index is 649. The first kappa shape index (κ1) is 17.3. The number of para-hydroxylation sites is 2. The van der Waals surface area contributed by atoms with Crippen LogP contribution in [0.25, 0.3) is 0 Å². The van der Waals surface area contributed by atoms with Crippen LogP contribution in [0, 0.1) is 0 Å². The zero-order valence-corrected chi connectivity index (χ0v) is 13.5. The topological polar surface area (TPSA) is 71.1 Å². The van der Waals surface area contributed by atoms with Crippen LogP contribution < -0.4 is 9.47 Å². The zero-order valence-electron chi connectivity index (χ0n) is 13.5. The number of carbonyl (C=O) groups excluding carboxylic acids is 2. The van der Waals surface area contributed by atoms with Gasteiger partial charge in [0.2, 0.25) is 0 Å². The molecule has 0 bridgehead atoms. The van der Waals surface area contributed by atoms with Crippen LogP contribution in [0.3, 0.4) is 0 Å². The van der Waals surface area contributed by atoms with Crippen molar-refractivity contribution in [2.75, 3.05) is 27.4 Å². The van der Waals surface area contributed by atoms with E-state index in [1.54, 1.807) is 48.5 Å². The van der Waals surface area contributed by atoms with E-state index in [0.29, 0.717) is 22.6 Å². The van der Waals surface area contributed by atoms with Gasteiger partial charge >= 0.3 is 11.9 Å². The first-order chi connectivity index (χ1) is 11.7. The fourth-order valence-electron chi connectivity index (χ4n) is 2.05. The molecule has 2 aromatic carbocycles. The monoisotopic (exact) mass is 330 g/mol. The third-order valence-corrected chi connectivity index (χ3v) is 3.20. The van der Waals surface area contributed by atoms with E-state index in [1.165, 1.54) is 14.2 Å². The Morgan fingerprint density at radius 1 is 0.708 bits per heavy atom. The summed E-state index contributed by atoms with van der Waals surface area (Å²) >= 11 is 0. The molecule has 0 aromatic heterocycles. The van der Waals surface area contributed by atoms with Crippen molar-refractivity contribution in [3.8, 4) is 11.5 Å². The van der Waals surface area contributed by atoms with E-state index in [2.05, 4.69) is 0 Å². The summed E-state index contributed by atoms with van der Waals surface area (Å²) in [7, 11) is 2.95. The molecule has 6 heteroatoms. The Morgan fingerprint density at radius 2 is 1.08 bits per heavy atom. The van der Waals surface area contributed by atoms with E-state index < -0.39 is 11.9 Å². The van der Waals surface area contributed by atoms with Gasteiger partial charge in [-0.25, -0.2) is 9.59 Å². The molecule has 0 radical (unpaired) electrons. The number of methoxy groups -OCH3 is 2. The van der Waals surface area contributed by atoms with Crippen LogP contribution in [0.15, 0.2) is 48.5 Å². The van der Waals surface area contributed by atoms with Crippen molar-refractivity contribution in [1.82, 2.24) is 0 Å². The highest BCUT2D eigenvalue weighted by molar-refractivity contribution is 5.93. The summed E-state index contributed by atoms with van der Waals surface area (Å²) in [6.07, 6.45) is 0. The van der Waals surface area contributed by atoms with E-state index in [1.807, 2.05) is 0 Å². The van der Waals surface area contributed by atoms with E-state index in [4.69, 9.17) is 18.9 Å². The van der Waals surface area contributed by atoms with Crippen LogP contribution in [-0.2, 0) is 9.47 Å². The van der Waals surface area contributed by atoms with Gasteiger partial charge in [0.1, 0.15) is 35.8 Å². The first-order valence-electron chi connectivity index (χ1n) is 7.27. The molecule has 126 valence electrons. The molecule has 2 rings (SSSR count). The van der Waals surface area contributed by atoms with E-state index >= 15 is 0 Å². The van der Waals surface area contributed by atoms with Crippen molar-refractivity contribution in [1.29, 1.82) is 0 Å². The summed E-state index contributed by atoms with van der Waals surface area (Å²) in [5.74, 6) is -0.233. The minimum absolute atomic E-state index is 0.0578. The highest BCUT2D eigenvalue weighted by atomic mass is 16.6. The third kappa shape index (κ3) is 4.25. The number of carbonyl (C=O) groups is 2. The molecular formula is C18H18O6. The second-order valence-electron chi connectivity index (χ2n) is 4.67. The van der Waals surface area contributed by atoms with Crippen molar-refractivity contribution in [2.45, 2.75) is 0 Å². The van der Waals surface area contributed by atoms with Gasteiger partial charge in [-0.3, -0.25) is 0 Å². The minimum atomic E-state index is -0.541. The van der Waals surface area contributed by atoms with Gasteiger partial charge in [-0.05, 0) is 24.3 Å². The van der Waals surface area contributed by atoms with Gasteiger partial charge in [0, 0.05) is 0 Å². The Hall–Kier alpha value is -3.02. The number of hydrogen-bond donors (Lipinski definition) is 0. The molecule has 0 unspecified atom stereocenters. The van der Waals surface area contributed by atoms with Crippen LogP contribution in [0.4, 0.5) is 0 Å². The lowest BCUT2D eigenvalue weighted by Gasteiger charge is -2.10. The van der Waals surface area contributed by atoms with Gasteiger partial charge in [0.25, 0.3) is 0 Å². The molecule has 6 nitrogen and oxygen atoms in total. The van der Waals surface area contributed by atoms with Gasteiger partial charge in [0.15, 0.2) is 0 Å². The second kappa shape index (κ2) is 8.57. The molecule has 0 fully saturated rings. The van der Waals surface area contributed by atoms with E-state index in [9.17, 15) is 9.59 Å². The summed E-state index contributed by atoms with van der Waals surface area (Å²) in [6.45, 7) is -0.116. The molecule has 0 N–H and O–H groups in total. The lowest BCUT2D eigenvalue weighted by Crippen LogP contribution is -2.15. The summed E-state index contributed by atoms with van der Waals surface area (Å²) in [5, 5.41) is 0. The van der Waals surface area contributed by atoms with E-state index in [-0.39, 0.29) is 13.2 Å². The molecule has 0 aliphatic heterocycles. The molecule has 0 saturated heterocycles. The molecule has 2 aromatic rings. The molecule has 0 aliphatic carbocycles. The summed E-state index contributed by atoms with van der Waals surface area (Å²) in [6, 6.07) is 13.5. The molecular weight excluding hydrogens is 312 g/mol. The van der Waals surface area contributed by atoms with Crippen LogP contribution in [-0.4, -0.2) is 39.4 Å². The van der Waals surface area contributed by atoms with Crippen LogP contribution in [0.2, 0.25) is 0 Å². The largest absolute Gasteiger partial charge is 0.496 e. The molecule has 0 saturated carbocycles. The molecule has 0 spiro atoms. The van der Waals surface area contributed by atoms with Gasteiger partial charge < -0.3 is 18.9 Å². The molecule has 0 heterocycles. The highest BCUT2D eigenvalue weighted by Crippen LogP contribution is 2.19. The highest BCUT2D eigenvalue weighted by Gasteiger charge is 2.15. The Kier molecular flexibility index (Phi) is 6.19. The first-order valence-corrected chi connectivity index (χ1v) is 7.27. The van der Waals surface area contributed by atoms with Crippen LogP contribution in [0.5, 0.6) is 11.5 Å². The average molecular weight is 330 g/mol. The van der Waals surface area contributed by atoms with Crippen molar-refractivity contribution in [3.05, 3.63) is 59.7 Å². The smallest absolute Gasteiger partial charge is 0.342 e. The Labute approximate surface area is 139 Å². The van der Waals surface area contributed by atoms with E-state index in [0.717, 1.165) is 0 Å². The third-order valence-electron chi connectivity index (χ3n) is 3.20. The SMILES string of the molecule is COc1ccccc1C(=O)OCCOC(=O)c1ccccc1OC. The maximum absolute atomic E-state index is 12.0. The predicted molar refractivity (Wildman–Crippen MR) is 86.6 cm³/mol.